The summed E-state index contributed by atoms with van der Waals surface area (Å²) >= 11 is 1.43. The van der Waals surface area contributed by atoms with E-state index in [9.17, 15) is 18.4 Å². The number of aromatic nitrogens is 1. The van der Waals surface area contributed by atoms with Crippen LogP contribution in [0.3, 0.4) is 0 Å². The van der Waals surface area contributed by atoms with Gasteiger partial charge in [0.1, 0.15) is 23.1 Å². The Morgan fingerprint density at radius 1 is 0.975 bits per heavy atom. The maximum Gasteiger partial charge on any atom is 0.166 e. The van der Waals surface area contributed by atoms with Crippen molar-refractivity contribution in [2.75, 3.05) is 32.8 Å². The Morgan fingerprint density at radius 3 is 2.58 bits per heavy atom. The number of Topliss-reactive ketones (excluding diaryl/α,β-unsaturated/α-hetero) is 2. The second-order valence-electron chi connectivity index (χ2n) is 9.39. The highest BCUT2D eigenvalue weighted by molar-refractivity contribution is 7.19. The van der Waals surface area contributed by atoms with Crippen molar-refractivity contribution in [2.45, 2.75) is 19.3 Å². The van der Waals surface area contributed by atoms with Crippen molar-refractivity contribution in [3.63, 3.8) is 0 Å². The molecule has 0 saturated carbocycles. The van der Waals surface area contributed by atoms with Gasteiger partial charge in [0, 0.05) is 38.2 Å². The first kappa shape index (κ1) is 27.6. The Balaban J connectivity index is 1.21. The largest absolute Gasteiger partial charge is 0.453 e. The zero-order valence-electron chi connectivity index (χ0n) is 21.6. The number of rotatable bonds is 9. The number of hydrogen-bond acceptors (Lipinski definition) is 7. The number of thiophene rings is 1. The molecule has 0 amide bonds. The number of pyridine rings is 1. The summed E-state index contributed by atoms with van der Waals surface area (Å²) in [5.41, 5.74) is 1.37. The molecule has 1 saturated heterocycles. The molecule has 6 nitrogen and oxygen atoms in total. The van der Waals surface area contributed by atoms with E-state index in [1.807, 2.05) is 6.07 Å². The highest BCUT2D eigenvalue weighted by Crippen LogP contribution is 2.35. The molecule has 3 heterocycles. The van der Waals surface area contributed by atoms with Crippen LogP contribution in [0, 0.1) is 23.5 Å². The number of carbonyl (C=O) groups is 2. The smallest absolute Gasteiger partial charge is 0.166 e. The summed E-state index contributed by atoms with van der Waals surface area (Å²) in [6.45, 7) is 3.84. The number of fused-ring (bicyclic) bond motifs is 1. The van der Waals surface area contributed by atoms with Crippen LogP contribution in [0.4, 0.5) is 8.78 Å². The SMILES string of the molecule is O=C(CC(=O)Cc1ccccc1F)Cc1ccc(Oc2ccnc3cc(C#CCN4CCOCC4)sc23)c(F)c1. The lowest BCUT2D eigenvalue weighted by Gasteiger charge is -2.24. The van der Waals surface area contributed by atoms with Crippen LogP contribution in [0.2, 0.25) is 0 Å². The van der Waals surface area contributed by atoms with Gasteiger partial charge in [-0.3, -0.25) is 19.5 Å². The van der Waals surface area contributed by atoms with Crippen LogP contribution in [-0.4, -0.2) is 54.3 Å². The van der Waals surface area contributed by atoms with E-state index in [-0.39, 0.29) is 36.4 Å². The number of ether oxygens (including phenoxy) is 2. The first-order valence-corrected chi connectivity index (χ1v) is 13.7. The van der Waals surface area contributed by atoms with E-state index in [4.69, 9.17) is 9.47 Å². The third-order valence-electron chi connectivity index (χ3n) is 6.35. The summed E-state index contributed by atoms with van der Waals surface area (Å²) in [6.07, 6.45) is 0.971. The van der Waals surface area contributed by atoms with Gasteiger partial charge < -0.3 is 9.47 Å². The van der Waals surface area contributed by atoms with Gasteiger partial charge in [0.15, 0.2) is 11.6 Å². The number of ketones is 2. The minimum atomic E-state index is -0.630. The molecule has 0 aliphatic carbocycles. The maximum absolute atomic E-state index is 14.9. The van der Waals surface area contributed by atoms with E-state index < -0.39 is 17.4 Å². The van der Waals surface area contributed by atoms with Crippen LogP contribution in [0.15, 0.2) is 60.8 Å². The van der Waals surface area contributed by atoms with Gasteiger partial charge in [-0.2, -0.15) is 0 Å². The third kappa shape index (κ3) is 7.16. The predicted molar refractivity (Wildman–Crippen MR) is 149 cm³/mol. The van der Waals surface area contributed by atoms with Crippen molar-refractivity contribution >= 4 is 33.1 Å². The molecule has 0 unspecified atom stereocenters. The standard InChI is InChI=1S/C31H26F2N2O4S/c32-26-6-2-1-4-22(26)18-24(37)19-23(36)16-21-7-8-29(27(33)17-21)39-30-9-10-34-28-20-25(40-31(28)30)5-3-11-35-12-14-38-15-13-35/h1-2,4,6-10,17,20H,11-16,18-19H2. The normalized spacial score (nSPS) is 13.6. The Morgan fingerprint density at radius 2 is 1.77 bits per heavy atom. The van der Waals surface area contributed by atoms with Crippen molar-refractivity contribution in [2.24, 2.45) is 0 Å². The molecule has 4 aromatic rings. The van der Waals surface area contributed by atoms with E-state index >= 15 is 0 Å². The minimum absolute atomic E-state index is 0.00711. The van der Waals surface area contributed by atoms with E-state index in [1.165, 1.54) is 41.7 Å². The van der Waals surface area contributed by atoms with Crippen molar-refractivity contribution in [1.82, 2.24) is 9.88 Å². The van der Waals surface area contributed by atoms with Crippen molar-refractivity contribution in [1.29, 1.82) is 0 Å². The van der Waals surface area contributed by atoms with Gasteiger partial charge in [-0.1, -0.05) is 36.1 Å². The van der Waals surface area contributed by atoms with Gasteiger partial charge in [-0.25, -0.2) is 8.78 Å². The van der Waals surface area contributed by atoms with Crippen molar-refractivity contribution < 1.29 is 27.8 Å². The summed E-state index contributed by atoms with van der Waals surface area (Å²) in [6, 6.07) is 13.8. The molecule has 0 bridgehead atoms. The van der Waals surface area contributed by atoms with Gasteiger partial charge >= 0.3 is 0 Å². The number of morpholine rings is 1. The average Bonchev–Trinajstić information content (AvgIpc) is 3.36. The average molecular weight is 561 g/mol. The summed E-state index contributed by atoms with van der Waals surface area (Å²) in [7, 11) is 0. The molecule has 0 atom stereocenters. The first-order chi connectivity index (χ1) is 19.4. The van der Waals surface area contributed by atoms with Gasteiger partial charge in [-0.05, 0) is 35.4 Å². The Bertz CT molecular complexity index is 1600. The van der Waals surface area contributed by atoms with Crippen LogP contribution in [0.1, 0.15) is 22.4 Å². The van der Waals surface area contributed by atoms with Gasteiger partial charge in [0.2, 0.25) is 0 Å². The maximum atomic E-state index is 14.9. The fourth-order valence-corrected chi connectivity index (χ4v) is 5.28. The number of halogens is 2. The molecule has 40 heavy (non-hydrogen) atoms. The van der Waals surface area contributed by atoms with Crippen LogP contribution in [0.5, 0.6) is 11.5 Å². The molecule has 1 fully saturated rings. The van der Waals surface area contributed by atoms with E-state index in [1.54, 1.807) is 24.4 Å². The lowest BCUT2D eigenvalue weighted by atomic mass is 10.0. The molecule has 0 radical (unpaired) electrons. The second-order valence-corrected chi connectivity index (χ2v) is 10.4. The summed E-state index contributed by atoms with van der Waals surface area (Å²) in [5, 5.41) is 0. The van der Waals surface area contributed by atoms with Crippen molar-refractivity contribution in [3.05, 3.63) is 88.4 Å². The van der Waals surface area contributed by atoms with Crippen LogP contribution >= 0.6 is 11.3 Å². The van der Waals surface area contributed by atoms with Crippen LogP contribution < -0.4 is 4.74 Å². The van der Waals surface area contributed by atoms with Gasteiger partial charge in [-0.15, -0.1) is 11.3 Å². The Hall–Kier alpha value is -3.97. The Labute approximate surface area is 234 Å². The quantitative estimate of drug-likeness (QED) is 0.203. The minimum Gasteiger partial charge on any atom is -0.453 e. The number of hydrogen-bond donors (Lipinski definition) is 0. The number of nitrogens with zero attached hydrogens (tertiary/aromatic N) is 2. The molecular weight excluding hydrogens is 534 g/mol. The van der Waals surface area contributed by atoms with Crippen LogP contribution in [-0.2, 0) is 27.2 Å². The summed E-state index contributed by atoms with van der Waals surface area (Å²) < 4.78 is 40.7. The van der Waals surface area contributed by atoms with Gasteiger partial charge in [0.25, 0.3) is 0 Å². The third-order valence-corrected chi connectivity index (χ3v) is 7.41. The van der Waals surface area contributed by atoms with E-state index in [0.29, 0.717) is 23.4 Å². The van der Waals surface area contributed by atoms with Gasteiger partial charge in [0.05, 0.1) is 41.3 Å². The molecule has 0 N–H and O–H groups in total. The van der Waals surface area contributed by atoms with Crippen LogP contribution in [0.25, 0.3) is 10.2 Å². The topological polar surface area (TPSA) is 68.7 Å². The lowest BCUT2D eigenvalue weighted by Crippen LogP contribution is -2.36. The molecule has 204 valence electrons. The molecule has 2 aromatic heterocycles. The zero-order chi connectivity index (χ0) is 27.9. The monoisotopic (exact) mass is 560 g/mol. The molecule has 0 spiro atoms. The first-order valence-electron chi connectivity index (χ1n) is 12.9. The highest BCUT2D eigenvalue weighted by atomic mass is 32.1. The van der Waals surface area contributed by atoms with Crippen molar-refractivity contribution in [3.8, 4) is 23.3 Å². The molecule has 1 aliphatic heterocycles. The zero-order valence-corrected chi connectivity index (χ0v) is 22.4. The molecular formula is C31H26F2N2O4S. The fraction of sp³-hybridized carbons (Fsp3) is 0.258. The summed E-state index contributed by atoms with van der Waals surface area (Å²) in [5.74, 6) is 4.97. The molecule has 5 rings (SSSR count). The number of carbonyl (C=O) groups excluding carboxylic acids is 2. The molecule has 9 heteroatoms. The van der Waals surface area contributed by atoms with E-state index in [0.717, 1.165) is 35.9 Å². The fourth-order valence-electron chi connectivity index (χ4n) is 4.34. The lowest BCUT2D eigenvalue weighted by molar-refractivity contribution is -0.126. The Kier molecular flexibility index (Phi) is 8.91. The second kappa shape index (κ2) is 12.9. The summed E-state index contributed by atoms with van der Waals surface area (Å²) in [4.78, 5) is 32.1. The van der Waals surface area contributed by atoms with E-state index in [2.05, 4.69) is 21.7 Å². The predicted octanol–water partition coefficient (Wildman–Crippen LogP) is 5.36. The molecule has 2 aromatic carbocycles. The highest BCUT2D eigenvalue weighted by Gasteiger charge is 2.16. The number of benzene rings is 2. The molecule has 1 aliphatic rings.